The first-order valence-electron chi connectivity index (χ1n) is 6.32. The molecule has 0 atom stereocenters. The monoisotopic (exact) mass is 293 g/mol. The molecule has 0 N–H and O–H groups in total. The topological polar surface area (TPSA) is 48.5 Å². The molecule has 7 heteroatoms. The van der Waals surface area contributed by atoms with Gasteiger partial charge < -0.3 is 4.57 Å². The van der Waals surface area contributed by atoms with Crippen molar-refractivity contribution in [2.45, 2.75) is 25.4 Å². The molecule has 0 aliphatic heterocycles. The molecule has 0 bridgehead atoms. The summed E-state index contributed by atoms with van der Waals surface area (Å²) in [6.45, 7) is 1.52. The third-order valence-corrected chi connectivity index (χ3v) is 3.39. The maximum absolute atomic E-state index is 13.2. The van der Waals surface area contributed by atoms with Gasteiger partial charge in [-0.3, -0.25) is 4.68 Å². The van der Waals surface area contributed by atoms with Crippen molar-refractivity contribution in [3.8, 4) is 0 Å². The van der Waals surface area contributed by atoms with Crippen LogP contribution in [0, 0.1) is 5.82 Å². The number of fused-ring (bicyclic) bond motifs is 1. The van der Waals surface area contributed by atoms with Crippen molar-refractivity contribution < 1.29 is 4.39 Å². The van der Waals surface area contributed by atoms with Crippen LogP contribution in [0.3, 0.4) is 0 Å². The zero-order valence-electron chi connectivity index (χ0n) is 10.7. The number of hydrogen-bond acceptors (Lipinski definition) is 3. The van der Waals surface area contributed by atoms with Crippen LogP contribution in [0.15, 0.2) is 30.6 Å². The second-order valence-corrected chi connectivity index (χ2v) is 4.73. The Morgan fingerprint density at radius 2 is 2.15 bits per heavy atom. The van der Waals surface area contributed by atoms with Gasteiger partial charge in [0.15, 0.2) is 0 Å². The van der Waals surface area contributed by atoms with Crippen LogP contribution in [0.5, 0.6) is 0 Å². The Labute approximate surface area is 120 Å². The molecule has 0 saturated carbocycles. The fourth-order valence-electron chi connectivity index (χ4n) is 2.25. The summed E-state index contributed by atoms with van der Waals surface area (Å²) >= 11 is 5.92. The Balaban J connectivity index is 1.82. The molecule has 0 aliphatic rings. The van der Waals surface area contributed by atoms with Crippen molar-refractivity contribution in [2.75, 3.05) is 0 Å². The first kappa shape index (κ1) is 13.1. The molecule has 0 amide bonds. The highest BCUT2D eigenvalue weighted by Gasteiger charge is 2.10. The summed E-state index contributed by atoms with van der Waals surface area (Å²) in [6.07, 6.45) is 4.35. The van der Waals surface area contributed by atoms with Crippen molar-refractivity contribution >= 4 is 22.6 Å². The van der Waals surface area contributed by atoms with Crippen LogP contribution < -0.4 is 0 Å². The van der Waals surface area contributed by atoms with Crippen LogP contribution in [0.4, 0.5) is 4.39 Å². The summed E-state index contributed by atoms with van der Waals surface area (Å²) in [4.78, 5) is 4.36. The molecule has 0 saturated heterocycles. The number of hydrogen-bond donors (Lipinski definition) is 0. The van der Waals surface area contributed by atoms with Gasteiger partial charge in [0.05, 0.1) is 23.1 Å². The predicted octanol–water partition coefficient (Wildman–Crippen LogP) is 2.60. The van der Waals surface area contributed by atoms with Gasteiger partial charge in [0.25, 0.3) is 0 Å². The number of rotatable bonds is 5. The average molecular weight is 294 g/mol. The first-order valence-corrected chi connectivity index (χ1v) is 6.86. The van der Waals surface area contributed by atoms with E-state index in [1.807, 2.05) is 10.8 Å². The van der Waals surface area contributed by atoms with Gasteiger partial charge in [0.2, 0.25) is 0 Å². The highest BCUT2D eigenvalue weighted by Crippen LogP contribution is 2.19. The van der Waals surface area contributed by atoms with Crippen LogP contribution in [0.25, 0.3) is 11.0 Å². The molecular weight excluding hydrogens is 281 g/mol. The number of aryl methyl sites for hydroxylation is 2. The second kappa shape index (κ2) is 5.58. The summed E-state index contributed by atoms with van der Waals surface area (Å²) in [6, 6.07) is 4.61. The smallest absolute Gasteiger partial charge is 0.125 e. The van der Waals surface area contributed by atoms with E-state index in [2.05, 4.69) is 15.3 Å². The molecular formula is C13H13ClFN5. The Kier molecular flexibility index (Phi) is 3.64. The number of aromatic nitrogens is 5. The molecule has 2 heterocycles. The molecule has 104 valence electrons. The summed E-state index contributed by atoms with van der Waals surface area (Å²) in [7, 11) is 0. The summed E-state index contributed by atoms with van der Waals surface area (Å²) in [5.41, 5.74) is 1.54. The first-order chi connectivity index (χ1) is 9.78. The van der Waals surface area contributed by atoms with Gasteiger partial charge in [0, 0.05) is 25.4 Å². The Hall–Kier alpha value is -1.95. The van der Waals surface area contributed by atoms with E-state index in [-0.39, 0.29) is 5.82 Å². The van der Waals surface area contributed by atoms with Crippen LogP contribution in [-0.4, -0.2) is 24.5 Å². The SMILES string of the molecule is Fc1ccc2c(c1)nc(CCl)n2CCCn1ccnn1. The van der Waals surface area contributed by atoms with Gasteiger partial charge in [-0.25, -0.2) is 9.37 Å². The molecule has 20 heavy (non-hydrogen) atoms. The lowest BCUT2D eigenvalue weighted by Gasteiger charge is -2.07. The molecule has 0 aliphatic carbocycles. The molecule has 3 aromatic rings. The summed E-state index contributed by atoms with van der Waals surface area (Å²) in [5, 5.41) is 7.68. The maximum Gasteiger partial charge on any atom is 0.125 e. The van der Waals surface area contributed by atoms with Crippen molar-refractivity contribution in [3.63, 3.8) is 0 Å². The number of nitrogens with zero attached hydrogens (tertiary/aromatic N) is 5. The van der Waals surface area contributed by atoms with Crippen molar-refractivity contribution in [2.24, 2.45) is 0 Å². The standard InChI is InChI=1S/C13H13ClFN5/c14-9-13-17-11-8-10(15)2-3-12(11)20(13)6-1-5-19-7-4-16-18-19/h2-4,7-8H,1,5-6,9H2. The minimum Gasteiger partial charge on any atom is -0.327 e. The van der Waals surface area contributed by atoms with Gasteiger partial charge in [-0.2, -0.15) is 0 Å². The lowest BCUT2D eigenvalue weighted by Crippen LogP contribution is -2.07. The van der Waals surface area contributed by atoms with E-state index in [1.54, 1.807) is 16.9 Å². The van der Waals surface area contributed by atoms with Gasteiger partial charge in [-0.1, -0.05) is 5.21 Å². The van der Waals surface area contributed by atoms with E-state index in [9.17, 15) is 4.39 Å². The summed E-state index contributed by atoms with van der Waals surface area (Å²) < 4.78 is 17.0. The van der Waals surface area contributed by atoms with Crippen molar-refractivity contribution in [3.05, 3.63) is 42.2 Å². The second-order valence-electron chi connectivity index (χ2n) is 4.47. The average Bonchev–Trinajstić information content (AvgIpc) is 3.06. The lowest BCUT2D eigenvalue weighted by molar-refractivity contribution is 0.514. The van der Waals surface area contributed by atoms with Crippen LogP contribution in [-0.2, 0) is 19.0 Å². The predicted molar refractivity (Wildman–Crippen MR) is 73.9 cm³/mol. The van der Waals surface area contributed by atoms with Gasteiger partial charge in [-0.05, 0) is 18.6 Å². The van der Waals surface area contributed by atoms with E-state index in [0.29, 0.717) is 11.4 Å². The zero-order valence-corrected chi connectivity index (χ0v) is 11.5. The molecule has 0 spiro atoms. The number of halogens is 2. The van der Waals surface area contributed by atoms with E-state index in [0.717, 1.165) is 30.9 Å². The number of imidazole rings is 1. The van der Waals surface area contributed by atoms with E-state index < -0.39 is 0 Å². The van der Waals surface area contributed by atoms with Crippen LogP contribution >= 0.6 is 11.6 Å². The number of benzene rings is 1. The molecule has 5 nitrogen and oxygen atoms in total. The molecule has 0 radical (unpaired) electrons. The third-order valence-electron chi connectivity index (χ3n) is 3.15. The third kappa shape index (κ3) is 2.51. The maximum atomic E-state index is 13.2. The fraction of sp³-hybridized carbons (Fsp3) is 0.308. The van der Waals surface area contributed by atoms with Crippen LogP contribution in [0.1, 0.15) is 12.2 Å². The molecule has 2 aromatic heterocycles. The normalized spacial score (nSPS) is 11.3. The van der Waals surface area contributed by atoms with Gasteiger partial charge in [0.1, 0.15) is 11.6 Å². The minimum atomic E-state index is -0.286. The highest BCUT2D eigenvalue weighted by atomic mass is 35.5. The van der Waals surface area contributed by atoms with E-state index in [1.165, 1.54) is 12.1 Å². The summed E-state index contributed by atoms with van der Waals surface area (Å²) in [5.74, 6) is 0.774. The molecule has 3 rings (SSSR count). The Morgan fingerprint density at radius 3 is 2.90 bits per heavy atom. The van der Waals surface area contributed by atoms with Crippen LogP contribution in [0.2, 0.25) is 0 Å². The Morgan fingerprint density at radius 1 is 1.25 bits per heavy atom. The van der Waals surface area contributed by atoms with Gasteiger partial charge >= 0.3 is 0 Å². The molecule has 1 aromatic carbocycles. The van der Waals surface area contributed by atoms with E-state index >= 15 is 0 Å². The lowest BCUT2D eigenvalue weighted by atomic mass is 10.3. The van der Waals surface area contributed by atoms with Gasteiger partial charge in [-0.15, -0.1) is 16.7 Å². The molecule has 0 unspecified atom stereocenters. The Bertz CT molecular complexity index is 707. The van der Waals surface area contributed by atoms with E-state index in [4.69, 9.17) is 11.6 Å². The fourth-order valence-corrected chi connectivity index (χ4v) is 2.45. The van der Waals surface area contributed by atoms with Crippen molar-refractivity contribution in [1.82, 2.24) is 24.5 Å². The number of alkyl halides is 1. The molecule has 0 fully saturated rings. The highest BCUT2D eigenvalue weighted by molar-refractivity contribution is 6.16. The largest absolute Gasteiger partial charge is 0.327 e. The zero-order chi connectivity index (χ0) is 13.9. The quantitative estimate of drug-likeness (QED) is 0.679. The van der Waals surface area contributed by atoms with Crippen molar-refractivity contribution in [1.29, 1.82) is 0 Å². The minimum absolute atomic E-state index is 0.286.